The van der Waals surface area contributed by atoms with E-state index in [4.69, 9.17) is 5.11 Å². The van der Waals surface area contributed by atoms with Crippen LogP contribution in [-0.2, 0) is 4.79 Å². The molecule has 0 spiro atoms. The van der Waals surface area contributed by atoms with E-state index >= 15 is 0 Å². The molecule has 0 atom stereocenters. The lowest BCUT2D eigenvalue weighted by Crippen LogP contribution is -1.65. The summed E-state index contributed by atoms with van der Waals surface area (Å²) in [4.78, 5) is 9.41. The first-order chi connectivity index (χ1) is 3.27. The van der Waals surface area contributed by atoms with Gasteiger partial charge in [0.1, 0.15) is 6.29 Å². The molecule has 0 aliphatic carbocycles. The Hall–Kier alpha value is -0.630. The molecule has 1 N–H and O–H groups in total. The molecule has 0 unspecified atom stereocenters. The summed E-state index contributed by atoms with van der Waals surface area (Å²) in [7, 11) is 1.00. The molecule has 0 rings (SSSR count). The van der Waals surface area contributed by atoms with Gasteiger partial charge in [0.15, 0.2) is 0 Å². The minimum absolute atomic E-state index is 0.574. The van der Waals surface area contributed by atoms with E-state index in [-0.39, 0.29) is 0 Å². The van der Waals surface area contributed by atoms with Gasteiger partial charge in [-0.1, -0.05) is 6.58 Å². The molecular weight excluding hydrogens is 92.1 g/mol. The van der Waals surface area contributed by atoms with Crippen molar-refractivity contribution in [2.75, 3.05) is 7.11 Å². The van der Waals surface area contributed by atoms with E-state index in [1.807, 2.05) is 0 Å². The van der Waals surface area contributed by atoms with Crippen molar-refractivity contribution in [1.82, 2.24) is 0 Å². The molecule has 0 saturated carbocycles. The van der Waals surface area contributed by atoms with Crippen molar-refractivity contribution in [3.05, 3.63) is 12.2 Å². The quantitative estimate of drug-likeness (QED) is 0.383. The second-order valence-electron chi connectivity index (χ2n) is 0.964. The lowest BCUT2D eigenvalue weighted by Gasteiger charge is -1.65. The lowest BCUT2D eigenvalue weighted by molar-refractivity contribution is -0.104. The lowest BCUT2D eigenvalue weighted by atomic mass is 10.4. The van der Waals surface area contributed by atoms with E-state index in [1.54, 1.807) is 6.92 Å². The summed E-state index contributed by atoms with van der Waals surface area (Å²) >= 11 is 0. The Balaban J connectivity index is 0. The zero-order valence-corrected chi connectivity index (χ0v) is 4.64. The van der Waals surface area contributed by atoms with Crippen LogP contribution in [0.5, 0.6) is 0 Å². The molecule has 0 bridgehead atoms. The van der Waals surface area contributed by atoms with Crippen molar-refractivity contribution >= 4 is 6.29 Å². The number of aldehydes is 1. The Morgan fingerprint density at radius 3 is 1.86 bits per heavy atom. The Morgan fingerprint density at radius 1 is 1.71 bits per heavy atom. The molecule has 0 amide bonds. The largest absolute Gasteiger partial charge is 0.400 e. The number of allylic oxidation sites excluding steroid dienone is 1. The van der Waals surface area contributed by atoms with Crippen LogP contribution in [-0.4, -0.2) is 18.5 Å². The molecule has 2 heteroatoms. The predicted octanol–water partition coefficient (Wildman–Crippen LogP) is 0.370. The normalized spacial score (nSPS) is 5.57. The van der Waals surface area contributed by atoms with Crippen LogP contribution in [0.15, 0.2) is 12.2 Å². The molecule has 0 aromatic carbocycles. The van der Waals surface area contributed by atoms with Crippen molar-refractivity contribution < 1.29 is 9.90 Å². The fourth-order valence-electron chi connectivity index (χ4n) is 0. The third kappa shape index (κ3) is 32.5. The van der Waals surface area contributed by atoms with E-state index in [0.717, 1.165) is 13.4 Å². The number of aliphatic hydroxyl groups excluding tert-OH is 1. The number of rotatable bonds is 1. The molecule has 0 aromatic heterocycles. The Labute approximate surface area is 43.5 Å². The summed E-state index contributed by atoms with van der Waals surface area (Å²) in [6, 6.07) is 0. The first-order valence-electron chi connectivity index (χ1n) is 1.83. The third-order valence-electron chi connectivity index (χ3n) is 0.201. The monoisotopic (exact) mass is 102 g/mol. The van der Waals surface area contributed by atoms with Crippen LogP contribution in [0.2, 0.25) is 0 Å². The molecule has 2 nitrogen and oxygen atoms in total. The van der Waals surface area contributed by atoms with Gasteiger partial charge in [-0.05, 0) is 12.5 Å². The van der Waals surface area contributed by atoms with E-state index in [9.17, 15) is 4.79 Å². The smallest absolute Gasteiger partial charge is 0.145 e. The van der Waals surface area contributed by atoms with Crippen LogP contribution in [0.4, 0.5) is 0 Å². The van der Waals surface area contributed by atoms with Crippen LogP contribution in [0.3, 0.4) is 0 Å². The van der Waals surface area contributed by atoms with Crippen molar-refractivity contribution in [2.24, 2.45) is 0 Å². The SMILES string of the molecule is C=C(C)C=O.CO. The van der Waals surface area contributed by atoms with Crippen LogP contribution < -0.4 is 0 Å². The number of carbonyl (C=O) groups excluding carboxylic acids is 1. The van der Waals surface area contributed by atoms with Gasteiger partial charge in [-0.25, -0.2) is 0 Å². The van der Waals surface area contributed by atoms with E-state index < -0.39 is 0 Å². The fraction of sp³-hybridized carbons (Fsp3) is 0.400. The maximum atomic E-state index is 9.41. The van der Waals surface area contributed by atoms with Gasteiger partial charge in [-0.2, -0.15) is 0 Å². The fourth-order valence-corrected chi connectivity index (χ4v) is 0. The van der Waals surface area contributed by atoms with E-state index in [2.05, 4.69) is 6.58 Å². The first kappa shape index (κ1) is 9.62. The zero-order valence-electron chi connectivity index (χ0n) is 4.64. The highest BCUT2D eigenvalue weighted by Gasteiger charge is 1.66. The number of hydrogen-bond acceptors (Lipinski definition) is 2. The summed E-state index contributed by atoms with van der Waals surface area (Å²) in [5.41, 5.74) is 0.574. The highest BCUT2D eigenvalue weighted by molar-refractivity contribution is 5.70. The molecule has 0 aliphatic rings. The molecular formula is C5H10O2. The number of aliphatic hydroxyl groups is 1. The van der Waals surface area contributed by atoms with Gasteiger partial charge in [0.25, 0.3) is 0 Å². The second kappa shape index (κ2) is 9.03. The van der Waals surface area contributed by atoms with Gasteiger partial charge >= 0.3 is 0 Å². The Bertz CT molecular complexity index is 57.1. The first-order valence-corrected chi connectivity index (χ1v) is 1.83. The molecule has 0 fully saturated rings. The van der Waals surface area contributed by atoms with Gasteiger partial charge in [0.2, 0.25) is 0 Å². The summed E-state index contributed by atoms with van der Waals surface area (Å²) in [5.74, 6) is 0. The molecule has 0 radical (unpaired) electrons. The minimum Gasteiger partial charge on any atom is -0.400 e. The highest BCUT2D eigenvalue weighted by atomic mass is 16.2. The molecule has 0 aromatic rings. The average Bonchev–Trinajstić information content (AvgIpc) is 1.73. The van der Waals surface area contributed by atoms with Gasteiger partial charge < -0.3 is 5.11 Å². The molecule has 0 heterocycles. The Kier molecular flexibility index (Phi) is 12.4. The molecule has 7 heavy (non-hydrogen) atoms. The van der Waals surface area contributed by atoms with Crippen molar-refractivity contribution in [1.29, 1.82) is 0 Å². The standard InChI is InChI=1S/C4H6O.CH4O/c1-4(2)3-5;1-2/h3H,1H2,2H3;2H,1H3. The van der Waals surface area contributed by atoms with Gasteiger partial charge in [-0.3, -0.25) is 4.79 Å². The molecule has 0 aliphatic heterocycles. The van der Waals surface area contributed by atoms with Gasteiger partial charge in [-0.15, -0.1) is 0 Å². The van der Waals surface area contributed by atoms with Crippen LogP contribution in [0.25, 0.3) is 0 Å². The minimum atomic E-state index is 0.574. The predicted molar refractivity (Wildman–Crippen MR) is 29.0 cm³/mol. The number of carbonyl (C=O) groups is 1. The van der Waals surface area contributed by atoms with Crippen molar-refractivity contribution in [3.63, 3.8) is 0 Å². The maximum Gasteiger partial charge on any atom is 0.145 e. The Morgan fingerprint density at radius 2 is 1.86 bits per heavy atom. The van der Waals surface area contributed by atoms with Crippen molar-refractivity contribution in [2.45, 2.75) is 6.92 Å². The van der Waals surface area contributed by atoms with Crippen LogP contribution in [0.1, 0.15) is 6.92 Å². The van der Waals surface area contributed by atoms with Gasteiger partial charge in [0.05, 0.1) is 0 Å². The molecule has 42 valence electrons. The third-order valence-corrected chi connectivity index (χ3v) is 0.201. The average molecular weight is 102 g/mol. The maximum absolute atomic E-state index is 9.41. The summed E-state index contributed by atoms with van der Waals surface area (Å²) in [6.45, 7) is 4.97. The molecule has 0 saturated heterocycles. The summed E-state index contributed by atoms with van der Waals surface area (Å²) < 4.78 is 0. The van der Waals surface area contributed by atoms with Crippen LogP contribution in [0, 0.1) is 0 Å². The summed E-state index contributed by atoms with van der Waals surface area (Å²) in [5, 5.41) is 7.00. The van der Waals surface area contributed by atoms with E-state index in [0.29, 0.717) is 5.57 Å². The topological polar surface area (TPSA) is 37.3 Å². The summed E-state index contributed by atoms with van der Waals surface area (Å²) in [6.07, 6.45) is 0.722. The number of hydrogen-bond donors (Lipinski definition) is 1. The second-order valence-corrected chi connectivity index (χ2v) is 0.964. The highest BCUT2D eigenvalue weighted by Crippen LogP contribution is 1.70. The van der Waals surface area contributed by atoms with Gasteiger partial charge in [0, 0.05) is 7.11 Å². The van der Waals surface area contributed by atoms with Crippen molar-refractivity contribution in [3.8, 4) is 0 Å². The zero-order chi connectivity index (χ0) is 6.28. The van der Waals surface area contributed by atoms with E-state index in [1.165, 1.54) is 0 Å². The van der Waals surface area contributed by atoms with Crippen LogP contribution >= 0.6 is 0 Å².